The maximum atomic E-state index is 12.0. The molecule has 0 saturated carbocycles. The number of likely N-dealkylation sites (N-methyl/N-ethyl adjacent to an activating group) is 1. The molecule has 0 aromatic rings. The predicted octanol–water partition coefficient (Wildman–Crippen LogP) is 1.33. The van der Waals surface area contributed by atoms with Crippen molar-refractivity contribution in [3.8, 4) is 0 Å². The van der Waals surface area contributed by atoms with Crippen molar-refractivity contribution in [2.24, 2.45) is 5.73 Å². The summed E-state index contributed by atoms with van der Waals surface area (Å²) in [4.78, 5) is 1.90. The van der Waals surface area contributed by atoms with Gasteiger partial charge in [-0.2, -0.15) is 0 Å². The molecule has 2 N–H and O–H groups in total. The van der Waals surface area contributed by atoms with Crippen LogP contribution < -0.4 is 5.73 Å². The first kappa shape index (κ1) is 12.0. The Hall–Kier alpha value is -1.10. The van der Waals surface area contributed by atoms with Crippen LogP contribution in [0.25, 0.3) is 0 Å². The summed E-state index contributed by atoms with van der Waals surface area (Å²) in [6.45, 7) is 2.23. The lowest BCUT2D eigenvalue weighted by Crippen LogP contribution is -2.29. The minimum Gasteiger partial charge on any atom is -0.490 e. The van der Waals surface area contributed by atoms with Crippen LogP contribution in [-0.4, -0.2) is 38.1 Å². The molecule has 15 heavy (non-hydrogen) atoms. The Balaban J connectivity index is 2.68. The Morgan fingerprint density at radius 1 is 1.60 bits per heavy atom. The molecule has 0 saturated heterocycles. The Morgan fingerprint density at radius 3 is 2.80 bits per heavy atom. The van der Waals surface area contributed by atoms with E-state index in [1.807, 2.05) is 24.9 Å². The highest BCUT2D eigenvalue weighted by Gasteiger charge is 2.16. The fraction of sp³-hybridized carbons (Fsp3) is 0.600. The number of halogens is 2. The van der Waals surface area contributed by atoms with E-state index in [0.29, 0.717) is 18.8 Å². The second-order valence-corrected chi connectivity index (χ2v) is 3.50. The van der Waals surface area contributed by atoms with Gasteiger partial charge in [-0.05, 0) is 18.6 Å². The van der Waals surface area contributed by atoms with E-state index in [0.717, 1.165) is 11.3 Å². The average molecular weight is 218 g/mol. The molecule has 0 unspecified atom stereocenters. The standard InChI is InChI=1S/C10H16F2N2O/c1-7-3-8(4-13)14(2)5-9(7)15-6-10(11)12/h3,10H,4-6,13H2,1-2H3. The van der Waals surface area contributed by atoms with E-state index in [1.165, 1.54) is 0 Å². The Kier molecular flexibility index (Phi) is 4.08. The lowest BCUT2D eigenvalue weighted by molar-refractivity contribution is 0.0425. The van der Waals surface area contributed by atoms with E-state index in [1.54, 1.807) is 0 Å². The van der Waals surface area contributed by atoms with Crippen molar-refractivity contribution in [2.45, 2.75) is 13.3 Å². The molecule has 86 valence electrons. The minimum absolute atomic E-state index is 0.440. The van der Waals surface area contributed by atoms with Gasteiger partial charge in [0.05, 0.1) is 6.54 Å². The Labute approximate surface area is 88.2 Å². The van der Waals surface area contributed by atoms with E-state index >= 15 is 0 Å². The van der Waals surface area contributed by atoms with Gasteiger partial charge in [0.1, 0.15) is 12.4 Å². The van der Waals surface area contributed by atoms with Crippen molar-refractivity contribution in [3.05, 3.63) is 23.1 Å². The van der Waals surface area contributed by atoms with Crippen LogP contribution in [0.15, 0.2) is 23.1 Å². The third-order valence-corrected chi connectivity index (χ3v) is 2.29. The number of nitrogens with two attached hydrogens (primary N) is 1. The Bertz CT molecular complexity index is 287. The smallest absolute Gasteiger partial charge is 0.272 e. The van der Waals surface area contributed by atoms with Gasteiger partial charge >= 0.3 is 0 Å². The molecule has 0 radical (unpaired) electrons. The molecule has 1 aliphatic heterocycles. The molecule has 0 amide bonds. The number of ether oxygens (including phenoxy) is 1. The van der Waals surface area contributed by atoms with E-state index in [4.69, 9.17) is 10.5 Å². The fourth-order valence-corrected chi connectivity index (χ4v) is 1.42. The minimum atomic E-state index is -2.43. The molecule has 3 nitrogen and oxygen atoms in total. The van der Waals surface area contributed by atoms with Gasteiger partial charge in [0.25, 0.3) is 6.43 Å². The maximum Gasteiger partial charge on any atom is 0.272 e. The number of alkyl halides is 2. The van der Waals surface area contributed by atoms with Gasteiger partial charge in [0.2, 0.25) is 0 Å². The maximum absolute atomic E-state index is 12.0. The number of rotatable bonds is 4. The zero-order valence-electron chi connectivity index (χ0n) is 8.96. The number of hydrogen-bond donors (Lipinski definition) is 1. The first-order valence-corrected chi connectivity index (χ1v) is 4.77. The summed E-state index contributed by atoms with van der Waals surface area (Å²) >= 11 is 0. The summed E-state index contributed by atoms with van der Waals surface area (Å²) in [7, 11) is 1.86. The molecule has 0 aromatic heterocycles. The first-order valence-electron chi connectivity index (χ1n) is 4.77. The van der Waals surface area contributed by atoms with Crippen LogP contribution in [0, 0.1) is 0 Å². The van der Waals surface area contributed by atoms with E-state index in [9.17, 15) is 8.78 Å². The number of nitrogens with zero attached hydrogens (tertiary/aromatic N) is 1. The lowest BCUT2D eigenvalue weighted by atomic mass is 10.1. The largest absolute Gasteiger partial charge is 0.490 e. The van der Waals surface area contributed by atoms with Gasteiger partial charge in [-0.25, -0.2) is 8.78 Å². The molecule has 1 rings (SSSR count). The van der Waals surface area contributed by atoms with Crippen LogP contribution in [0.1, 0.15) is 6.92 Å². The van der Waals surface area contributed by atoms with Crippen molar-refractivity contribution in [1.29, 1.82) is 0 Å². The monoisotopic (exact) mass is 218 g/mol. The number of hydrogen-bond acceptors (Lipinski definition) is 3. The van der Waals surface area contributed by atoms with Crippen LogP contribution in [-0.2, 0) is 4.74 Å². The second-order valence-electron chi connectivity index (χ2n) is 3.50. The summed E-state index contributed by atoms with van der Waals surface area (Å²) < 4.78 is 28.9. The molecule has 0 fully saturated rings. The number of allylic oxidation sites excluding steroid dienone is 2. The summed E-state index contributed by atoms with van der Waals surface area (Å²) in [6, 6.07) is 0. The fourth-order valence-electron chi connectivity index (χ4n) is 1.42. The third-order valence-electron chi connectivity index (χ3n) is 2.29. The van der Waals surface area contributed by atoms with Gasteiger partial charge in [0, 0.05) is 19.3 Å². The average Bonchev–Trinajstić information content (AvgIpc) is 2.18. The van der Waals surface area contributed by atoms with Crippen LogP contribution in [0.4, 0.5) is 8.78 Å². The molecule has 1 aliphatic rings. The third kappa shape index (κ3) is 3.20. The predicted molar refractivity (Wildman–Crippen MR) is 54.4 cm³/mol. The summed E-state index contributed by atoms with van der Waals surface area (Å²) in [5.41, 5.74) is 7.38. The molecule has 0 aromatic carbocycles. The molecule has 0 atom stereocenters. The normalized spacial score (nSPS) is 17.2. The zero-order chi connectivity index (χ0) is 11.4. The Morgan fingerprint density at radius 2 is 2.27 bits per heavy atom. The van der Waals surface area contributed by atoms with E-state index in [2.05, 4.69) is 0 Å². The van der Waals surface area contributed by atoms with Crippen molar-refractivity contribution in [2.75, 3.05) is 26.7 Å². The lowest BCUT2D eigenvalue weighted by Gasteiger charge is -2.28. The van der Waals surface area contributed by atoms with Crippen LogP contribution in [0.5, 0.6) is 0 Å². The van der Waals surface area contributed by atoms with Crippen LogP contribution in [0.3, 0.4) is 0 Å². The van der Waals surface area contributed by atoms with Gasteiger partial charge in [-0.1, -0.05) is 0 Å². The topological polar surface area (TPSA) is 38.5 Å². The molecule has 0 aliphatic carbocycles. The highest BCUT2D eigenvalue weighted by atomic mass is 19.3. The van der Waals surface area contributed by atoms with Crippen molar-refractivity contribution in [1.82, 2.24) is 4.90 Å². The first-order chi connectivity index (χ1) is 7.04. The SMILES string of the molecule is CC1=C(OCC(F)F)CN(C)C(CN)=C1. The summed E-state index contributed by atoms with van der Waals surface area (Å²) in [6.07, 6.45) is -0.569. The van der Waals surface area contributed by atoms with E-state index in [-0.39, 0.29) is 0 Å². The van der Waals surface area contributed by atoms with E-state index < -0.39 is 13.0 Å². The quantitative estimate of drug-likeness (QED) is 0.773. The highest BCUT2D eigenvalue weighted by Crippen LogP contribution is 2.19. The molecule has 1 heterocycles. The van der Waals surface area contributed by atoms with Crippen molar-refractivity contribution < 1.29 is 13.5 Å². The van der Waals surface area contributed by atoms with Gasteiger partial charge < -0.3 is 15.4 Å². The molecule has 5 heteroatoms. The van der Waals surface area contributed by atoms with Gasteiger partial charge in [-0.3, -0.25) is 0 Å². The second kappa shape index (κ2) is 5.11. The van der Waals surface area contributed by atoms with Crippen molar-refractivity contribution in [3.63, 3.8) is 0 Å². The molecule has 0 spiro atoms. The van der Waals surface area contributed by atoms with Gasteiger partial charge in [0.15, 0.2) is 0 Å². The molecule has 0 bridgehead atoms. The summed E-state index contributed by atoms with van der Waals surface area (Å²) in [5.74, 6) is 0.593. The molecular formula is C10H16F2N2O. The zero-order valence-corrected chi connectivity index (χ0v) is 8.96. The van der Waals surface area contributed by atoms with Gasteiger partial charge in [-0.15, -0.1) is 0 Å². The summed E-state index contributed by atoms with van der Waals surface area (Å²) in [5, 5.41) is 0. The van der Waals surface area contributed by atoms with Crippen LogP contribution >= 0.6 is 0 Å². The van der Waals surface area contributed by atoms with Crippen LogP contribution in [0.2, 0.25) is 0 Å². The van der Waals surface area contributed by atoms with Crippen molar-refractivity contribution >= 4 is 0 Å². The molecular weight excluding hydrogens is 202 g/mol. The highest BCUT2D eigenvalue weighted by molar-refractivity contribution is 5.30.